The van der Waals surface area contributed by atoms with Gasteiger partial charge in [0, 0.05) is 18.3 Å². The van der Waals surface area contributed by atoms with Gasteiger partial charge in [-0.1, -0.05) is 24.3 Å². The Hall–Kier alpha value is -3.42. The molecule has 2 aromatic rings. The number of rotatable bonds is 5. The molecule has 8 heteroatoms. The first-order valence-corrected chi connectivity index (χ1v) is 11.0. The molecule has 1 aliphatic heterocycles. The maximum Gasteiger partial charge on any atom is 0.303 e. The number of nitrogens with zero attached hydrogens (tertiary/aromatic N) is 2. The van der Waals surface area contributed by atoms with E-state index >= 15 is 4.39 Å². The Morgan fingerprint density at radius 1 is 1.24 bits per heavy atom. The first kappa shape index (κ1) is 22.8. The number of aliphatic imine (C=N–C) groups is 1. The molecule has 1 heterocycles. The third-order valence-corrected chi connectivity index (χ3v) is 7.32. The van der Waals surface area contributed by atoms with Crippen LogP contribution in [0.4, 0.5) is 10.1 Å². The lowest BCUT2D eigenvalue weighted by molar-refractivity contribution is -0.140. The molecule has 174 valence electrons. The van der Waals surface area contributed by atoms with E-state index in [9.17, 15) is 14.7 Å². The van der Waals surface area contributed by atoms with E-state index in [4.69, 9.17) is 5.73 Å². The Morgan fingerprint density at radius 2 is 1.91 bits per heavy atom. The molecule has 1 aliphatic carbocycles. The molecule has 0 bridgehead atoms. The number of anilines is 1. The molecule has 2 aromatic carbocycles. The van der Waals surface area contributed by atoms with E-state index < -0.39 is 22.7 Å². The van der Waals surface area contributed by atoms with Crippen LogP contribution in [0, 0.1) is 11.2 Å². The summed E-state index contributed by atoms with van der Waals surface area (Å²) in [5.41, 5.74) is 6.76. The number of halogens is 1. The molecule has 2 unspecified atom stereocenters. The molecular weight excluding hydrogens is 423 g/mol. The fourth-order valence-corrected chi connectivity index (χ4v) is 5.04. The summed E-state index contributed by atoms with van der Waals surface area (Å²) in [5, 5.41) is 12.8. The summed E-state index contributed by atoms with van der Waals surface area (Å²) < 4.78 is 15.1. The number of hydrogen-bond donors (Lipinski definition) is 3. The van der Waals surface area contributed by atoms with Crippen molar-refractivity contribution in [2.45, 2.75) is 51.1 Å². The van der Waals surface area contributed by atoms with E-state index in [1.54, 1.807) is 40.0 Å². The number of aliphatic carboxylic acids is 1. The number of nitrogens with one attached hydrogen (secondary N) is 1. The van der Waals surface area contributed by atoms with Crippen LogP contribution in [-0.4, -0.2) is 34.9 Å². The lowest BCUT2D eigenvalue weighted by atomic mass is 9.67. The second-order valence-electron chi connectivity index (χ2n) is 9.58. The van der Waals surface area contributed by atoms with Crippen molar-refractivity contribution in [3.05, 3.63) is 65.0 Å². The molecule has 0 saturated carbocycles. The average Bonchev–Trinajstić information content (AvgIpc) is 3.09. The number of carboxylic acid groups (broad SMARTS) is 1. The van der Waals surface area contributed by atoms with Crippen molar-refractivity contribution in [2.75, 3.05) is 12.4 Å². The minimum absolute atomic E-state index is 0.0424. The normalized spacial score (nSPS) is 26.0. The highest BCUT2D eigenvalue weighted by Crippen LogP contribution is 2.48. The summed E-state index contributed by atoms with van der Waals surface area (Å²) in [5.74, 6) is -1.60. The van der Waals surface area contributed by atoms with Gasteiger partial charge in [-0.25, -0.2) is 9.38 Å². The molecule has 4 rings (SSSR count). The highest BCUT2D eigenvalue weighted by Gasteiger charge is 2.53. The van der Waals surface area contributed by atoms with Gasteiger partial charge in [0.15, 0.2) is 5.96 Å². The number of guanidine groups is 1. The maximum atomic E-state index is 15.1. The van der Waals surface area contributed by atoms with Gasteiger partial charge in [-0.3, -0.25) is 14.5 Å². The molecule has 2 aliphatic rings. The van der Waals surface area contributed by atoms with E-state index in [-0.39, 0.29) is 35.8 Å². The van der Waals surface area contributed by atoms with Gasteiger partial charge in [0.1, 0.15) is 11.4 Å². The van der Waals surface area contributed by atoms with E-state index in [0.717, 1.165) is 11.1 Å². The van der Waals surface area contributed by atoms with Crippen LogP contribution in [-0.2, 0) is 15.1 Å². The quantitative estimate of drug-likeness (QED) is 0.636. The molecule has 0 aromatic heterocycles. The maximum absolute atomic E-state index is 15.1. The molecule has 0 spiro atoms. The first-order chi connectivity index (χ1) is 15.5. The van der Waals surface area contributed by atoms with Gasteiger partial charge in [-0.05, 0) is 62.4 Å². The van der Waals surface area contributed by atoms with Crippen molar-refractivity contribution in [1.29, 1.82) is 0 Å². The monoisotopic (exact) mass is 452 g/mol. The molecule has 4 N–H and O–H groups in total. The number of hydrogen-bond acceptors (Lipinski definition) is 5. The second-order valence-corrected chi connectivity index (χ2v) is 9.58. The smallest absolute Gasteiger partial charge is 0.303 e. The Bertz CT molecular complexity index is 1160. The summed E-state index contributed by atoms with van der Waals surface area (Å²) in [6.45, 7) is 5.21. The minimum atomic E-state index is -1.21. The van der Waals surface area contributed by atoms with Gasteiger partial charge in [0.25, 0.3) is 0 Å². The van der Waals surface area contributed by atoms with Gasteiger partial charge in [-0.15, -0.1) is 0 Å². The molecule has 1 amide bonds. The zero-order chi connectivity index (χ0) is 24.1. The number of benzene rings is 2. The lowest BCUT2D eigenvalue weighted by Gasteiger charge is -2.46. The number of carboxylic acids is 1. The predicted octanol–water partition coefficient (Wildman–Crippen LogP) is 3.97. The lowest BCUT2D eigenvalue weighted by Crippen LogP contribution is -2.58. The topological polar surface area (TPSA) is 108 Å². The van der Waals surface area contributed by atoms with Crippen LogP contribution in [0.2, 0.25) is 0 Å². The molecule has 7 nitrogen and oxygen atoms in total. The van der Waals surface area contributed by atoms with Crippen molar-refractivity contribution in [1.82, 2.24) is 4.90 Å². The number of carbonyl (C=O) groups is 2. The average molecular weight is 453 g/mol. The van der Waals surface area contributed by atoms with E-state index in [1.807, 2.05) is 24.3 Å². The van der Waals surface area contributed by atoms with Crippen molar-refractivity contribution in [3.63, 3.8) is 0 Å². The summed E-state index contributed by atoms with van der Waals surface area (Å²) in [6, 6.07) is 12.4. The molecule has 33 heavy (non-hydrogen) atoms. The molecule has 0 fully saturated rings. The van der Waals surface area contributed by atoms with Gasteiger partial charge in [0.2, 0.25) is 5.91 Å². The first-order valence-electron chi connectivity index (χ1n) is 11.0. The third-order valence-electron chi connectivity index (χ3n) is 7.32. The highest BCUT2D eigenvalue weighted by atomic mass is 19.1. The SMILES string of the molecule is CN1C(=O)C(C)(C)[C@@](C)(c2cc(NC3CC(CC(=O)O)c4ccccc43)ccc2F)N=C1N. The van der Waals surface area contributed by atoms with Crippen LogP contribution in [0.25, 0.3) is 0 Å². The fourth-order valence-electron chi connectivity index (χ4n) is 5.04. The number of fused-ring (bicyclic) bond motifs is 1. The van der Waals surface area contributed by atoms with Crippen LogP contribution < -0.4 is 11.1 Å². The van der Waals surface area contributed by atoms with Crippen LogP contribution in [0.3, 0.4) is 0 Å². The molecule has 0 radical (unpaired) electrons. The van der Waals surface area contributed by atoms with Crippen LogP contribution in [0.5, 0.6) is 0 Å². The van der Waals surface area contributed by atoms with E-state index in [1.165, 1.54) is 11.0 Å². The molecular formula is C25H29FN4O3. The van der Waals surface area contributed by atoms with E-state index in [2.05, 4.69) is 10.3 Å². The largest absolute Gasteiger partial charge is 0.481 e. The third kappa shape index (κ3) is 3.63. The molecule has 0 saturated heterocycles. The summed E-state index contributed by atoms with van der Waals surface area (Å²) >= 11 is 0. The van der Waals surface area contributed by atoms with Gasteiger partial charge in [0.05, 0.1) is 17.9 Å². The Balaban J connectivity index is 1.71. The Labute approximate surface area is 192 Å². The Kier molecular flexibility index (Phi) is 5.42. The second kappa shape index (κ2) is 7.86. The van der Waals surface area contributed by atoms with Crippen LogP contribution >= 0.6 is 0 Å². The minimum Gasteiger partial charge on any atom is -0.481 e. The Morgan fingerprint density at radius 3 is 2.58 bits per heavy atom. The number of carbonyl (C=O) groups excluding carboxylic acids is 1. The highest BCUT2D eigenvalue weighted by molar-refractivity contribution is 6.01. The predicted molar refractivity (Wildman–Crippen MR) is 124 cm³/mol. The molecule has 3 atom stereocenters. The van der Waals surface area contributed by atoms with E-state index in [0.29, 0.717) is 12.1 Å². The van der Waals surface area contributed by atoms with Gasteiger partial charge >= 0.3 is 5.97 Å². The van der Waals surface area contributed by atoms with Crippen molar-refractivity contribution >= 4 is 23.5 Å². The van der Waals surface area contributed by atoms with Crippen LogP contribution in [0.1, 0.15) is 62.3 Å². The summed E-state index contributed by atoms with van der Waals surface area (Å²) in [4.78, 5) is 30.1. The standard InChI is InChI=1S/C25H29FN4O3/c1-24(2)22(33)30(4)23(27)29-25(24,3)18-13-15(9-10-19(18)26)28-20-11-14(12-21(31)32)16-7-5-6-8-17(16)20/h5-10,13-14,20,28H,11-12H2,1-4H3,(H2,27,29)(H,31,32)/t14?,20?,25-/m1/s1. The van der Waals surface area contributed by atoms with Gasteiger partial charge in [-0.2, -0.15) is 0 Å². The summed E-state index contributed by atoms with van der Waals surface area (Å²) in [7, 11) is 1.56. The zero-order valence-corrected chi connectivity index (χ0v) is 19.2. The van der Waals surface area contributed by atoms with Crippen molar-refractivity contribution in [2.24, 2.45) is 16.1 Å². The van der Waals surface area contributed by atoms with Gasteiger partial charge < -0.3 is 16.2 Å². The van der Waals surface area contributed by atoms with Crippen molar-refractivity contribution < 1.29 is 19.1 Å². The number of amides is 1. The number of nitrogens with two attached hydrogens (primary N) is 1. The van der Waals surface area contributed by atoms with Crippen LogP contribution in [0.15, 0.2) is 47.5 Å². The fraction of sp³-hybridized carbons (Fsp3) is 0.400. The zero-order valence-electron chi connectivity index (χ0n) is 19.2. The summed E-state index contributed by atoms with van der Waals surface area (Å²) in [6.07, 6.45) is 0.676. The van der Waals surface area contributed by atoms with Crippen molar-refractivity contribution in [3.8, 4) is 0 Å².